The van der Waals surface area contributed by atoms with Gasteiger partial charge in [-0.3, -0.25) is 0 Å². The summed E-state index contributed by atoms with van der Waals surface area (Å²) in [6, 6.07) is 4.61. The van der Waals surface area contributed by atoms with E-state index in [-0.39, 0.29) is 11.3 Å². The van der Waals surface area contributed by atoms with Crippen LogP contribution in [0.25, 0.3) is 0 Å². The number of carbonyl (C=O) groups is 1. The molecule has 106 valence electrons. The van der Waals surface area contributed by atoms with Gasteiger partial charge < -0.3 is 14.7 Å². The molecule has 0 aliphatic heterocycles. The van der Waals surface area contributed by atoms with Gasteiger partial charge in [-0.1, -0.05) is 6.07 Å². The maximum atomic E-state index is 12.1. The summed E-state index contributed by atoms with van der Waals surface area (Å²) >= 11 is 3.17. The van der Waals surface area contributed by atoms with Gasteiger partial charge in [-0.25, -0.2) is 10.1 Å². The summed E-state index contributed by atoms with van der Waals surface area (Å²) in [5.41, 5.74) is -0.550. The summed E-state index contributed by atoms with van der Waals surface area (Å²) in [7, 11) is 0. The molecule has 0 aromatic heterocycles. The van der Waals surface area contributed by atoms with Gasteiger partial charge >= 0.3 is 5.97 Å². The van der Waals surface area contributed by atoms with Crippen LogP contribution in [-0.2, 0) is 4.74 Å². The van der Waals surface area contributed by atoms with E-state index in [0.29, 0.717) is 10.9 Å². The zero-order valence-electron chi connectivity index (χ0n) is 11.0. The Morgan fingerprint density at radius 2 is 2.11 bits per heavy atom. The quantitative estimate of drug-likeness (QED) is 0.492. The molecule has 0 saturated heterocycles. The van der Waals surface area contributed by atoms with Gasteiger partial charge in [0.15, 0.2) is 5.75 Å². The van der Waals surface area contributed by atoms with Gasteiger partial charge in [-0.05, 0) is 48.8 Å². The normalized spacial score (nSPS) is 12.9. The van der Waals surface area contributed by atoms with Gasteiger partial charge in [0.05, 0.1) is 16.1 Å². The molecule has 0 radical (unpaired) electrons. The Balaban J connectivity index is 2.90. The Bertz CT molecular complexity index is 456. The molecule has 1 atom stereocenters. The monoisotopic (exact) mass is 332 g/mol. The molecule has 6 heteroatoms. The van der Waals surface area contributed by atoms with Crippen molar-refractivity contribution < 1.29 is 24.8 Å². The molecule has 0 aliphatic rings. The molecule has 2 N–H and O–H groups in total. The van der Waals surface area contributed by atoms with Crippen molar-refractivity contribution in [3.05, 3.63) is 28.2 Å². The summed E-state index contributed by atoms with van der Waals surface area (Å²) in [5, 5.41) is 18.0. The Morgan fingerprint density at radius 3 is 2.63 bits per heavy atom. The summed E-state index contributed by atoms with van der Waals surface area (Å²) in [5.74, 6) is -0.431. The van der Waals surface area contributed by atoms with Gasteiger partial charge in [-0.15, -0.1) is 0 Å². The van der Waals surface area contributed by atoms with E-state index in [0.717, 1.165) is 0 Å². The lowest BCUT2D eigenvalue weighted by molar-refractivity contribution is -0.138. The second-order valence-electron chi connectivity index (χ2n) is 4.91. The van der Waals surface area contributed by atoms with Crippen LogP contribution in [0.4, 0.5) is 0 Å². The lowest BCUT2D eigenvalue weighted by atomic mass is 10.0. The van der Waals surface area contributed by atoms with Crippen molar-refractivity contribution in [1.82, 2.24) is 0 Å². The topological polar surface area (TPSA) is 76.0 Å². The number of halogens is 1. The lowest BCUT2D eigenvalue weighted by Crippen LogP contribution is -2.31. The second kappa shape index (κ2) is 6.36. The van der Waals surface area contributed by atoms with Crippen LogP contribution in [0, 0.1) is 0 Å². The van der Waals surface area contributed by atoms with Gasteiger partial charge in [0.2, 0.25) is 0 Å². The predicted octanol–water partition coefficient (Wildman–Crippen LogP) is 3.01. The smallest absolute Gasteiger partial charge is 0.339 e. The first-order chi connectivity index (χ1) is 8.76. The van der Waals surface area contributed by atoms with E-state index in [1.807, 2.05) is 0 Å². The number of hydrogen-bond donors (Lipinski definition) is 2. The van der Waals surface area contributed by atoms with Crippen LogP contribution in [0.15, 0.2) is 22.7 Å². The predicted molar refractivity (Wildman–Crippen MR) is 73.2 cm³/mol. The third-order valence-electron chi connectivity index (χ3n) is 2.44. The lowest BCUT2D eigenvalue weighted by Gasteiger charge is -2.26. The molecule has 1 rings (SSSR count). The van der Waals surface area contributed by atoms with Crippen LogP contribution in [-0.4, -0.2) is 28.0 Å². The molecule has 0 fully saturated rings. The Labute approximate surface area is 120 Å². The molecule has 0 amide bonds. The average molecular weight is 333 g/mol. The van der Waals surface area contributed by atoms with Crippen LogP contribution < -0.4 is 4.89 Å². The number of benzene rings is 1. The third-order valence-corrected chi connectivity index (χ3v) is 3.26. The van der Waals surface area contributed by atoms with Crippen LogP contribution in [0.3, 0.4) is 0 Å². The van der Waals surface area contributed by atoms with Crippen LogP contribution in [0.5, 0.6) is 5.75 Å². The van der Waals surface area contributed by atoms with E-state index < -0.39 is 17.7 Å². The van der Waals surface area contributed by atoms with Crippen molar-refractivity contribution in [2.75, 3.05) is 0 Å². The van der Waals surface area contributed by atoms with Crippen LogP contribution >= 0.6 is 15.9 Å². The fourth-order valence-electron chi connectivity index (χ4n) is 1.80. The molecule has 0 spiro atoms. The zero-order valence-corrected chi connectivity index (χ0v) is 12.6. The number of aliphatic hydroxyl groups is 1. The molecular weight excluding hydrogens is 316 g/mol. The van der Waals surface area contributed by atoms with Crippen molar-refractivity contribution >= 4 is 21.9 Å². The third kappa shape index (κ3) is 4.49. The number of ether oxygens (including phenoxy) is 1. The van der Waals surface area contributed by atoms with E-state index in [4.69, 9.17) is 9.99 Å². The van der Waals surface area contributed by atoms with Crippen molar-refractivity contribution in [2.45, 2.75) is 38.9 Å². The van der Waals surface area contributed by atoms with Gasteiger partial charge in [-0.2, -0.15) is 0 Å². The molecule has 0 aliphatic carbocycles. The first-order valence-corrected chi connectivity index (χ1v) is 6.57. The maximum absolute atomic E-state index is 12.1. The minimum Gasteiger partial charge on any atom is -0.456 e. The van der Waals surface area contributed by atoms with Crippen molar-refractivity contribution in [3.63, 3.8) is 0 Å². The standard InChI is InChI=1S/C13H17BrO5/c1-8(15)7-13(2,3)18-12(16)9-5-4-6-10(19-17)11(9)14/h4-6,8,15,17H,7H2,1-3H3. The Morgan fingerprint density at radius 1 is 1.47 bits per heavy atom. The number of esters is 1. The summed E-state index contributed by atoms with van der Waals surface area (Å²) in [6.45, 7) is 5.07. The molecule has 0 bridgehead atoms. The van der Waals surface area contributed by atoms with Gasteiger partial charge in [0, 0.05) is 6.42 Å². The highest BCUT2D eigenvalue weighted by Gasteiger charge is 2.27. The molecule has 1 aromatic rings. The van der Waals surface area contributed by atoms with Gasteiger partial charge in [0.25, 0.3) is 0 Å². The Kier molecular flexibility index (Phi) is 5.34. The first-order valence-electron chi connectivity index (χ1n) is 5.78. The number of rotatable bonds is 5. The van der Waals surface area contributed by atoms with Crippen LogP contribution in [0.2, 0.25) is 0 Å². The van der Waals surface area contributed by atoms with Crippen molar-refractivity contribution in [2.24, 2.45) is 0 Å². The van der Waals surface area contributed by atoms with E-state index in [1.54, 1.807) is 32.9 Å². The minimum absolute atomic E-state index is 0.128. The first kappa shape index (κ1) is 15.9. The highest BCUT2D eigenvalue weighted by atomic mass is 79.9. The highest BCUT2D eigenvalue weighted by Crippen LogP contribution is 2.30. The van der Waals surface area contributed by atoms with E-state index in [9.17, 15) is 9.90 Å². The van der Waals surface area contributed by atoms with E-state index in [1.165, 1.54) is 6.07 Å². The molecule has 1 aromatic carbocycles. The number of aliphatic hydroxyl groups excluding tert-OH is 1. The van der Waals surface area contributed by atoms with Crippen molar-refractivity contribution in [3.8, 4) is 5.75 Å². The molecule has 0 heterocycles. The maximum Gasteiger partial charge on any atom is 0.339 e. The summed E-state index contributed by atoms with van der Waals surface area (Å²) < 4.78 is 5.66. The highest BCUT2D eigenvalue weighted by molar-refractivity contribution is 9.10. The number of hydrogen-bond acceptors (Lipinski definition) is 5. The zero-order chi connectivity index (χ0) is 14.6. The average Bonchev–Trinajstić information content (AvgIpc) is 2.26. The van der Waals surface area contributed by atoms with Gasteiger partial charge in [0.1, 0.15) is 5.60 Å². The largest absolute Gasteiger partial charge is 0.456 e. The molecule has 19 heavy (non-hydrogen) atoms. The van der Waals surface area contributed by atoms with Crippen LogP contribution in [0.1, 0.15) is 37.6 Å². The fraction of sp³-hybridized carbons (Fsp3) is 0.462. The second-order valence-corrected chi connectivity index (χ2v) is 5.70. The Hall–Kier alpha value is -1.11. The summed E-state index contributed by atoms with van der Waals surface area (Å²) in [4.78, 5) is 16.2. The molecular formula is C13H17BrO5. The van der Waals surface area contributed by atoms with E-state index in [2.05, 4.69) is 20.8 Å². The van der Waals surface area contributed by atoms with Crippen molar-refractivity contribution in [1.29, 1.82) is 0 Å². The summed E-state index contributed by atoms with van der Waals surface area (Å²) in [6.07, 6.45) is -0.245. The fourth-order valence-corrected chi connectivity index (χ4v) is 2.30. The number of carbonyl (C=O) groups excluding carboxylic acids is 1. The SMILES string of the molecule is CC(O)CC(C)(C)OC(=O)c1cccc(OO)c1Br. The minimum atomic E-state index is -0.791. The van der Waals surface area contributed by atoms with E-state index >= 15 is 0 Å². The molecule has 5 nitrogen and oxygen atoms in total. The molecule has 1 unspecified atom stereocenters. The molecule has 0 saturated carbocycles.